The predicted octanol–water partition coefficient (Wildman–Crippen LogP) is 1.40. The van der Waals surface area contributed by atoms with Crippen molar-refractivity contribution in [3.05, 3.63) is 0 Å². The first kappa shape index (κ1) is 9.50. The Bertz CT molecular complexity index is 116. The largest absolute Gasteiger partial charge is 0.327 e. The van der Waals surface area contributed by atoms with Gasteiger partial charge in [-0.05, 0) is 0 Å². The minimum Gasteiger partial charge on any atom is -0.312 e. The van der Waals surface area contributed by atoms with Crippen LogP contribution in [0.25, 0.3) is 0 Å². The summed E-state index contributed by atoms with van der Waals surface area (Å²) >= 11 is 3.87. The van der Waals surface area contributed by atoms with Crippen molar-refractivity contribution in [1.82, 2.24) is 0 Å². The Hall–Kier alpha value is 0.500. The number of rotatable bonds is 4. The van der Waals surface area contributed by atoms with Crippen molar-refractivity contribution in [1.29, 1.82) is 0 Å². The summed E-state index contributed by atoms with van der Waals surface area (Å²) in [5, 5.41) is 0. The lowest BCUT2D eigenvalue weighted by Gasteiger charge is -2.08. The van der Waals surface area contributed by atoms with Crippen LogP contribution in [0.1, 0.15) is 0 Å². The molecule has 9 heavy (non-hydrogen) atoms. The van der Waals surface area contributed by atoms with Crippen LogP contribution in [-0.4, -0.2) is 26.1 Å². The normalized spacial score (nSPS) is 17.2. The second kappa shape index (κ2) is 4.34. The van der Waals surface area contributed by atoms with Gasteiger partial charge >= 0.3 is 7.60 Å². The summed E-state index contributed by atoms with van der Waals surface area (Å²) < 4.78 is 20.2. The highest BCUT2D eigenvalue weighted by Crippen LogP contribution is 2.42. The maximum Gasteiger partial charge on any atom is 0.327 e. The van der Waals surface area contributed by atoms with Gasteiger partial charge in [-0.15, -0.1) is 0 Å². The van der Waals surface area contributed by atoms with E-state index in [1.165, 1.54) is 13.8 Å². The number of thiol groups is 1. The molecule has 0 N–H and O–H groups in total. The van der Waals surface area contributed by atoms with Gasteiger partial charge < -0.3 is 9.05 Å². The van der Waals surface area contributed by atoms with Crippen LogP contribution >= 0.6 is 20.2 Å². The fraction of sp³-hybridized carbons (Fsp3) is 1.00. The van der Waals surface area contributed by atoms with Gasteiger partial charge in [-0.25, -0.2) is 0 Å². The summed E-state index contributed by atoms with van der Waals surface area (Å²) in [5.74, 6) is 0.557. The fourth-order valence-corrected chi connectivity index (χ4v) is 1.02. The predicted molar refractivity (Wildman–Crippen MR) is 40.3 cm³/mol. The summed E-state index contributed by atoms with van der Waals surface area (Å²) in [6, 6.07) is 0. The van der Waals surface area contributed by atoms with Crippen molar-refractivity contribution in [3.63, 3.8) is 0 Å². The van der Waals surface area contributed by atoms with E-state index in [2.05, 4.69) is 17.2 Å². The van der Waals surface area contributed by atoms with Crippen molar-refractivity contribution in [2.75, 3.05) is 26.1 Å². The van der Waals surface area contributed by atoms with Crippen molar-refractivity contribution in [2.24, 2.45) is 0 Å². The average Bonchev–Trinajstić information content (AvgIpc) is 1.84. The molecule has 0 aromatic carbocycles. The Morgan fingerprint density at radius 2 is 2.22 bits per heavy atom. The van der Waals surface area contributed by atoms with Gasteiger partial charge in [-0.3, -0.25) is 4.57 Å². The molecule has 3 nitrogen and oxygen atoms in total. The van der Waals surface area contributed by atoms with Gasteiger partial charge in [0.05, 0.1) is 6.61 Å². The molecular formula is C4H11O3PS. The molecule has 0 aromatic heterocycles. The zero-order chi connectivity index (χ0) is 7.33. The van der Waals surface area contributed by atoms with Gasteiger partial charge in [0, 0.05) is 19.5 Å². The van der Waals surface area contributed by atoms with Gasteiger partial charge in [0.25, 0.3) is 0 Å². The molecule has 1 atom stereocenters. The van der Waals surface area contributed by atoms with Gasteiger partial charge in [-0.2, -0.15) is 12.6 Å². The van der Waals surface area contributed by atoms with E-state index < -0.39 is 7.60 Å². The molecule has 0 bridgehead atoms. The topological polar surface area (TPSA) is 35.5 Å². The smallest absolute Gasteiger partial charge is 0.312 e. The summed E-state index contributed by atoms with van der Waals surface area (Å²) in [5.41, 5.74) is 0. The molecule has 0 saturated carbocycles. The highest BCUT2D eigenvalue weighted by atomic mass is 32.1. The van der Waals surface area contributed by atoms with Gasteiger partial charge in [0.2, 0.25) is 0 Å². The van der Waals surface area contributed by atoms with Gasteiger partial charge in [0.15, 0.2) is 0 Å². The van der Waals surface area contributed by atoms with E-state index in [9.17, 15) is 4.57 Å². The van der Waals surface area contributed by atoms with Crippen molar-refractivity contribution >= 4 is 20.2 Å². The van der Waals surface area contributed by atoms with E-state index in [1.807, 2.05) is 0 Å². The first-order valence-electron chi connectivity index (χ1n) is 2.51. The Morgan fingerprint density at radius 3 is 2.56 bits per heavy atom. The number of hydrogen-bond donors (Lipinski definition) is 1. The Kier molecular flexibility index (Phi) is 4.58. The molecule has 0 fully saturated rings. The minimum absolute atomic E-state index is 0.366. The third-order valence-corrected chi connectivity index (χ3v) is 2.25. The zero-order valence-corrected chi connectivity index (χ0v) is 7.32. The summed E-state index contributed by atoms with van der Waals surface area (Å²) in [6.07, 6.45) is 0. The van der Waals surface area contributed by atoms with E-state index in [1.54, 1.807) is 0 Å². The quantitative estimate of drug-likeness (QED) is 0.511. The van der Waals surface area contributed by atoms with Crippen LogP contribution in [0.5, 0.6) is 0 Å². The third kappa shape index (κ3) is 4.97. The molecule has 0 saturated heterocycles. The van der Waals surface area contributed by atoms with E-state index in [0.717, 1.165) is 0 Å². The van der Waals surface area contributed by atoms with Crippen LogP contribution in [0.15, 0.2) is 0 Å². The first-order valence-corrected chi connectivity index (χ1v) is 5.13. The fourth-order valence-electron chi connectivity index (χ4n) is 0.259. The van der Waals surface area contributed by atoms with Crippen molar-refractivity contribution in [2.45, 2.75) is 0 Å². The van der Waals surface area contributed by atoms with Crippen LogP contribution in [0.3, 0.4) is 0 Å². The van der Waals surface area contributed by atoms with Crippen LogP contribution < -0.4 is 0 Å². The molecule has 0 spiro atoms. The molecule has 0 amide bonds. The molecule has 0 aliphatic heterocycles. The lowest BCUT2D eigenvalue weighted by atomic mass is 10.9. The highest BCUT2D eigenvalue weighted by molar-refractivity contribution is 7.80. The van der Waals surface area contributed by atoms with Crippen molar-refractivity contribution < 1.29 is 13.6 Å². The third-order valence-electron chi connectivity index (χ3n) is 0.749. The van der Waals surface area contributed by atoms with Gasteiger partial charge in [-0.1, -0.05) is 0 Å². The molecule has 0 heterocycles. The summed E-state index contributed by atoms with van der Waals surface area (Å²) in [7, 11) is -1.38. The van der Waals surface area contributed by atoms with E-state index >= 15 is 0 Å². The molecule has 0 radical (unpaired) electrons. The Morgan fingerprint density at radius 1 is 1.67 bits per heavy atom. The monoisotopic (exact) mass is 170 g/mol. The molecule has 0 aromatic rings. The minimum atomic E-state index is -2.74. The molecule has 56 valence electrons. The van der Waals surface area contributed by atoms with Crippen LogP contribution in [0.2, 0.25) is 0 Å². The van der Waals surface area contributed by atoms with Crippen LogP contribution in [0, 0.1) is 0 Å². The maximum absolute atomic E-state index is 10.9. The molecule has 0 rings (SSSR count). The molecule has 5 heteroatoms. The van der Waals surface area contributed by atoms with E-state index in [-0.39, 0.29) is 0 Å². The Labute approximate surface area is 60.7 Å². The highest BCUT2D eigenvalue weighted by Gasteiger charge is 2.12. The number of hydrogen-bond acceptors (Lipinski definition) is 4. The van der Waals surface area contributed by atoms with Crippen molar-refractivity contribution in [3.8, 4) is 0 Å². The Balaban J connectivity index is 3.46. The van der Waals surface area contributed by atoms with E-state index in [4.69, 9.17) is 4.52 Å². The van der Waals surface area contributed by atoms with Crippen LogP contribution in [0.4, 0.5) is 0 Å². The molecule has 0 aliphatic carbocycles. The van der Waals surface area contributed by atoms with Gasteiger partial charge in [0.1, 0.15) is 0 Å². The summed E-state index contributed by atoms with van der Waals surface area (Å²) in [4.78, 5) is 0. The first-order chi connectivity index (χ1) is 4.12. The SMILES string of the molecule is COP(C)(=O)OCCS. The lowest BCUT2D eigenvalue weighted by molar-refractivity contribution is 0.252. The van der Waals surface area contributed by atoms with Crippen LogP contribution in [-0.2, 0) is 13.6 Å². The molecule has 0 aliphatic rings. The lowest BCUT2D eigenvalue weighted by Crippen LogP contribution is -1.93. The van der Waals surface area contributed by atoms with E-state index in [0.29, 0.717) is 12.4 Å². The molecule has 1 unspecified atom stereocenters. The standard InChI is InChI=1S/C4H11O3PS/c1-6-8(2,5)7-3-4-9/h9H,3-4H2,1-2H3. The molecular weight excluding hydrogens is 159 g/mol. The maximum atomic E-state index is 10.9. The second-order valence-corrected chi connectivity index (χ2v) is 4.12. The second-order valence-electron chi connectivity index (χ2n) is 1.51. The average molecular weight is 170 g/mol. The summed E-state index contributed by atoms with van der Waals surface area (Å²) in [6.45, 7) is 1.79. The zero-order valence-electron chi connectivity index (χ0n) is 5.53.